The largest absolute Gasteiger partial charge is 0.260 e. The van der Waals surface area contributed by atoms with E-state index < -0.39 is 0 Å². The summed E-state index contributed by atoms with van der Waals surface area (Å²) in [5.41, 5.74) is 3.67. The fourth-order valence-corrected chi connectivity index (χ4v) is 4.38. The average molecular weight is 361 g/mol. The molecule has 0 unspecified atom stereocenters. The van der Waals surface area contributed by atoms with Crippen molar-refractivity contribution in [1.82, 2.24) is 13.9 Å². The molecule has 4 aromatic rings. The van der Waals surface area contributed by atoms with Gasteiger partial charge in [-0.1, -0.05) is 60.7 Å². The van der Waals surface area contributed by atoms with Crippen LogP contribution in [0.15, 0.2) is 66.7 Å². The predicted octanol–water partition coefficient (Wildman–Crippen LogP) is 5.10. The highest BCUT2D eigenvalue weighted by atomic mass is 32.1. The minimum absolute atomic E-state index is 0.746. The van der Waals surface area contributed by atoms with E-state index in [2.05, 4.69) is 76.1 Å². The third kappa shape index (κ3) is 2.16. The van der Waals surface area contributed by atoms with Crippen molar-refractivity contribution in [2.75, 3.05) is 0 Å². The number of hydrogen-bond acceptors (Lipinski definition) is 2. The number of rotatable bonds is 1. The SMILES string of the molecule is S=c1n(-c2cccc3ccccc23)c(=S)n2n1Cc1ccccc1C2. The summed E-state index contributed by atoms with van der Waals surface area (Å²) in [7, 11) is 0. The lowest BCUT2D eigenvalue weighted by molar-refractivity contribution is 0.475. The Labute approximate surface area is 155 Å². The Morgan fingerprint density at radius 3 is 1.88 bits per heavy atom. The molecule has 0 N–H and O–H groups in total. The van der Waals surface area contributed by atoms with E-state index in [9.17, 15) is 0 Å². The number of aromatic nitrogens is 3. The van der Waals surface area contributed by atoms with E-state index in [0.29, 0.717) is 0 Å². The first-order chi connectivity index (χ1) is 12.2. The maximum absolute atomic E-state index is 5.81. The topological polar surface area (TPSA) is 14.8 Å². The molecule has 0 atom stereocenters. The normalized spacial score (nSPS) is 12.8. The van der Waals surface area contributed by atoms with Crippen LogP contribution >= 0.6 is 24.4 Å². The molecule has 5 heteroatoms. The molecule has 0 radical (unpaired) electrons. The Kier molecular flexibility index (Phi) is 3.26. The molecule has 0 aliphatic carbocycles. The molecule has 0 spiro atoms. The van der Waals surface area contributed by atoms with Gasteiger partial charge >= 0.3 is 0 Å². The third-order valence-corrected chi connectivity index (χ3v) is 5.67. The number of fused-ring (bicyclic) bond motifs is 3. The highest BCUT2D eigenvalue weighted by molar-refractivity contribution is 7.72. The van der Waals surface area contributed by atoms with E-state index in [4.69, 9.17) is 24.4 Å². The van der Waals surface area contributed by atoms with Crippen molar-refractivity contribution >= 4 is 35.2 Å². The Morgan fingerprint density at radius 1 is 0.640 bits per heavy atom. The molecular weight excluding hydrogens is 346 g/mol. The van der Waals surface area contributed by atoms with Gasteiger partial charge in [-0.05, 0) is 47.0 Å². The van der Waals surface area contributed by atoms with Crippen LogP contribution in [0.3, 0.4) is 0 Å². The van der Waals surface area contributed by atoms with Gasteiger partial charge in [-0.2, -0.15) is 0 Å². The average Bonchev–Trinajstić information content (AvgIpc) is 2.90. The number of nitrogens with zero attached hydrogens (tertiary/aromatic N) is 3. The molecule has 3 aromatic carbocycles. The number of hydrogen-bond donors (Lipinski definition) is 0. The van der Waals surface area contributed by atoms with Crippen molar-refractivity contribution in [1.29, 1.82) is 0 Å². The van der Waals surface area contributed by atoms with Crippen molar-refractivity contribution in [3.63, 3.8) is 0 Å². The summed E-state index contributed by atoms with van der Waals surface area (Å²) in [6, 6.07) is 23.1. The monoisotopic (exact) mass is 361 g/mol. The lowest BCUT2D eigenvalue weighted by atomic mass is 10.1. The minimum atomic E-state index is 0.746. The summed E-state index contributed by atoms with van der Waals surface area (Å²) in [5, 5.41) is 2.35. The summed E-state index contributed by atoms with van der Waals surface area (Å²) in [5.74, 6) is 0. The van der Waals surface area contributed by atoms with Crippen LogP contribution in [0.5, 0.6) is 0 Å². The first-order valence-electron chi connectivity index (χ1n) is 8.21. The van der Waals surface area contributed by atoms with Gasteiger partial charge < -0.3 is 0 Å². The van der Waals surface area contributed by atoms with Gasteiger partial charge in [0.1, 0.15) is 0 Å². The van der Waals surface area contributed by atoms with E-state index >= 15 is 0 Å². The molecule has 0 amide bonds. The molecule has 3 nitrogen and oxygen atoms in total. The van der Waals surface area contributed by atoms with Gasteiger partial charge in [-0.25, -0.2) is 0 Å². The quantitative estimate of drug-likeness (QED) is 0.386. The van der Waals surface area contributed by atoms with Crippen molar-refractivity contribution < 1.29 is 0 Å². The van der Waals surface area contributed by atoms with Crippen LogP contribution in [-0.4, -0.2) is 13.9 Å². The second-order valence-electron chi connectivity index (χ2n) is 6.28. The van der Waals surface area contributed by atoms with Crippen molar-refractivity contribution in [3.8, 4) is 5.69 Å². The second-order valence-corrected chi connectivity index (χ2v) is 7.01. The van der Waals surface area contributed by atoms with Gasteiger partial charge in [0, 0.05) is 5.39 Å². The van der Waals surface area contributed by atoms with E-state index in [-0.39, 0.29) is 0 Å². The first kappa shape index (κ1) is 14.8. The van der Waals surface area contributed by atoms with Gasteiger partial charge in [0.05, 0.1) is 18.8 Å². The van der Waals surface area contributed by atoms with Gasteiger partial charge in [0.2, 0.25) is 9.54 Å². The fourth-order valence-electron chi connectivity index (χ4n) is 3.62. The van der Waals surface area contributed by atoms with Crippen LogP contribution in [0, 0.1) is 9.54 Å². The lowest BCUT2D eigenvalue weighted by Crippen LogP contribution is -2.21. The van der Waals surface area contributed by atoms with Crippen LogP contribution in [0.25, 0.3) is 16.5 Å². The lowest BCUT2D eigenvalue weighted by Gasteiger charge is -2.20. The van der Waals surface area contributed by atoms with Gasteiger partial charge in [0.15, 0.2) is 0 Å². The highest BCUT2D eigenvalue weighted by Gasteiger charge is 2.19. The molecule has 0 fully saturated rings. The van der Waals surface area contributed by atoms with Crippen LogP contribution in [0.1, 0.15) is 11.1 Å². The van der Waals surface area contributed by atoms with Crippen LogP contribution in [0.2, 0.25) is 0 Å². The van der Waals surface area contributed by atoms with Crippen molar-refractivity contribution in [2.24, 2.45) is 0 Å². The second kappa shape index (κ2) is 5.51. The van der Waals surface area contributed by atoms with Gasteiger partial charge in [-0.15, -0.1) is 0 Å². The summed E-state index contributed by atoms with van der Waals surface area (Å²) in [4.78, 5) is 0. The maximum Gasteiger partial charge on any atom is 0.202 e. The van der Waals surface area contributed by atoms with Crippen LogP contribution < -0.4 is 0 Å². The molecule has 1 aliphatic rings. The molecule has 1 aliphatic heterocycles. The Balaban J connectivity index is 1.79. The molecular formula is C20H15N3S2. The molecule has 25 heavy (non-hydrogen) atoms. The summed E-state index contributed by atoms with van der Waals surface area (Å²) in [6.45, 7) is 1.52. The molecule has 122 valence electrons. The van der Waals surface area contributed by atoms with E-state index in [1.165, 1.54) is 16.5 Å². The molecule has 0 bridgehead atoms. The van der Waals surface area contributed by atoms with Crippen molar-refractivity contribution in [2.45, 2.75) is 13.1 Å². The maximum atomic E-state index is 5.81. The predicted molar refractivity (Wildman–Crippen MR) is 106 cm³/mol. The molecule has 1 aromatic heterocycles. The fraction of sp³-hybridized carbons (Fsp3) is 0.100. The Bertz CT molecular complexity index is 1180. The number of benzene rings is 3. The molecule has 5 rings (SSSR count). The molecule has 2 heterocycles. The molecule has 0 saturated heterocycles. The van der Waals surface area contributed by atoms with Crippen LogP contribution in [0.4, 0.5) is 0 Å². The van der Waals surface area contributed by atoms with Gasteiger partial charge in [-0.3, -0.25) is 13.9 Å². The zero-order valence-electron chi connectivity index (χ0n) is 13.4. The van der Waals surface area contributed by atoms with Crippen molar-refractivity contribution in [3.05, 3.63) is 87.4 Å². The van der Waals surface area contributed by atoms with E-state index in [0.717, 1.165) is 33.7 Å². The summed E-state index contributed by atoms with van der Waals surface area (Å²) in [6.07, 6.45) is 0. The minimum Gasteiger partial charge on any atom is -0.260 e. The standard InChI is InChI=1S/C20H15N3S2/c24-19-21-12-15-7-1-2-8-16(15)13-22(21)20(25)23(19)18-11-5-9-14-6-3-4-10-17(14)18/h1-11H,12-13H2. The zero-order chi connectivity index (χ0) is 17.0. The summed E-state index contributed by atoms with van der Waals surface area (Å²) < 4.78 is 7.74. The third-order valence-electron chi connectivity index (χ3n) is 4.88. The smallest absolute Gasteiger partial charge is 0.202 e. The zero-order valence-corrected chi connectivity index (χ0v) is 15.1. The molecule has 0 saturated carbocycles. The highest BCUT2D eigenvalue weighted by Crippen LogP contribution is 2.26. The first-order valence-corrected chi connectivity index (χ1v) is 9.03. The van der Waals surface area contributed by atoms with E-state index in [1.807, 2.05) is 4.57 Å². The van der Waals surface area contributed by atoms with Gasteiger partial charge in [0.25, 0.3) is 0 Å². The summed E-state index contributed by atoms with van der Waals surface area (Å²) >= 11 is 11.6. The Hall–Kier alpha value is -2.50. The van der Waals surface area contributed by atoms with Crippen LogP contribution in [-0.2, 0) is 13.1 Å². The van der Waals surface area contributed by atoms with E-state index in [1.54, 1.807) is 0 Å². The Morgan fingerprint density at radius 2 is 1.20 bits per heavy atom.